The van der Waals surface area contributed by atoms with Crippen LogP contribution in [-0.2, 0) is 17.8 Å². The van der Waals surface area contributed by atoms with Crippen LogP contribution in [0.5, 0.6) is 0 Å². The molecule has 0 aliphatic carbocycles. The Bertz CT molecular complexity index is 517. The molecule has 1 atom stereocenters. The third kappa shape index (κ3) is 5.33. The van der Waals surface area contributed by atoms with Crippen LogP contribution in [0, 0.1) is 5.92 Å². The Balaban J connectivity index is 1.98. The van der Waals surface area contributed by atoms with Gasteiger partial charge in [0.1, 0.15) is 0 Å². The molecule has 0 bridgehead atoms. The Hall–Kier alpha value is -1.39. The van der Waals surface area contributed by atoms with E-state index in [9.17, 15) is 9.90 Å². The van der Waals surface area contributed by atoms with Crippen molar-refractivity contribution in [2.75, 3.05) is 13.1 Å². The normalized spacial score (nSPS) is 19.9. The molecule has 128 valence electrons. The van der Waals surface area contributed by atoms with E-state index in [1.54, 1.807) is 0 Å². The maximum Gasteiger partial charge on any atom is 0.237 e. The summed E-state index contributed by atoms with van der Waals surface area (Å²) in [6.07, 6.45) is 1.64. The second-order valence-corrected chi connectivity index (χ2v) is 7.58. The summed E-state index contributed by atoms with van der Waals surface area (Å²) in [6, 6.07) is 8.51. The van der Waals surface area contributed by atoms with E-state index in [4.69, 9.17) is 0 Å². The van der Waals surface area contributed by atoms with Crippen LogP contribution < -0.4 is 5.32 Å². The van der Waals surface area contributed by atoms with Crippen molar-refractivity contribution in [2.45, 2.75) is 58.7 Å². The maximum atomic E-state index is 12.1. The van der Waals surface area contributed by atoms with Crippen molar-refractivity contribution in [2.24, 2.45) is 5.92 Å². The van der Waals surface area contributed by atoms with Gasteiger partial charge in [0.25, 0.3) is 0 Å². The molecule has 1 aliphatic heterocycles. The molecular weight excluding hydrogens is 288 g/mol. The molecule has 1 aromatic carbocycles. The highest BCUT2D eigenvalue weighted by atomic mass is 16.3. The largest absolute Gasteiger partial charge is 0.390 e. The Morgan fingerprint density at radius 3 is 2.43 bits per heavy atom. The third-order valence-corrected chi connectivity index (χ3v) is 4.43. The molecule has 2 N–H and O–H groups in total. The first kappa shape index (κ1) is 18.0. The molecule has 23 heavy (non-hydrogen) atoms. The van der Waals surface area contributed by atoms with Crippen molar-refractivity contribution in [3.8, 4) is 0 Å². The second-order valence-electron chi connectivity index (χ2n) is 7.58. The zero-order valence-electron chi connectivity index (χ0n) is 14.8. The number of nitrogens with one attached hydrogen (secondary N) is 1. The molecule has 1 amide bonds. The smallest absolute Gasteiger partial charge is 0.237 e. The molecule has 1 aromatic rings. The molecule has 2 rings (SSSR count). The van der Waals surface area contributed by atoms with E-state index < -0.39 is 5.60 Å². The Labute approximate surface area is 139 Å². The minimum absolute atomic E-state index is 0.0429. The molecule has 0 radical (unpaired) electrons. The highest BCUT2D eigenvalue weighted by molar-refractivity contribution is 5.82. The van der Waals surface area contributed by atoms with Gasteiger partial charge < -0.3 is 10.4 Å². The topological polar surface area (TPSA) is 52.6 Å². The summed E-state index contributed by atoms with van der Waals surface area (Å²) in [5.74, 6) is 0.453. The van der Waals surface area contributed by atoms with Gasteiger partial charge in [-0.3, -0.25) is 9.69 Å². The highest BCUT2D eigenvalue weighted by Crippen LogP contribution is 2.19. The first-order chi connectivity index (χ1) is 10.8. The lowest BCUT2D eigenvalue weighted by Crippen LogP contribution is -2.56. The maximum absolute atomic E-state index is 12.1. The van der Waals surface area contributed by atoms with E-state index in [0.717, 1.165) is 32.5 Å². The number of nitrogens with zero attached hydrogens (tertiary/aromatic N) is 1. The number of aryl methyl sites for hydroxylation is 1. The third-order valence-electron chi connectivity index (χ3n) is 4.43. The van der Waals surface area contributed by atoms with E-state index >= 15 is 0 Å². The zero-order valence-corrected chi connectivity index (χ0v) is 14.8. The molecule has 0 saturated carbocycles. The fourth-order valence-corrected chi connectivity index (χ4v) is 3.13. The van der Waals surface area contributed by atoms with Gasteiger partial charge >= 0.3 is 0 Å². The molecule has 0 aromatic heterocycles. The van der Waals surface area contributed by atoms with Crippen LogP contribution in [0.3, 0.4) is 0 Å². The van der Waals surface area contributed by atoms with Crippen LogP contribution in [0.2, 0.25) is 0 Å². The predicted molar refractivity (Wildman–Crippen MR) is 93.1 cm³/mol. The summed E-state index contributed by atoms with van der Waals surface area (Å²) in [6.45, 7) is 10.3. The molecule has 1 heterocycles. The Morgan fingerprint density at radius 2 is 1.87 bits per heavy atom. The van der Waals surface area contributed by atoms with Gasteiger partial charge in [-0.05, 0) is 43.7 Å². The second kappa shape index (κ2) is 7.45. The van der Waals surface area contributed by atoms with Crippen LogP contribution in [0.15, 0.2) is 24.3 Å². The van der Waals surface area contributed by atoms with Crippen LogP contribution in [0.1, 0.15) is 45.2 Å². The van der Waals surface area contributed by atoms with Crippen molar-refractivity contribution >= 4 is 5.91 Å². The Morgan fingerprint density at radius 1 is 1.26 bits per heavy atom. The SMILES string of the molecule is CC(C)C1C(=O)NCCN1Cc1ccc(CCC(C)(C)O)cc1. The summed E-state index contributed by atoms with van der Waals surface area (Å²) in [7, 11) is 0. The van der Waals surface area contributed by atoms with E-state index in [-0.39, 0.29) is 11.9 Å². The summed E-state index contributed by atoms with van der Waals surface area (Å²) < 4.78 is 0. The van der Waals surface area contributed by atoms with Crippen molar-refractivity contribution in [3.63, 3.8) is 0 Å². The molecule has 1 unspecified atom stereocenters. The van der Waals surface area contributed by atoms with Gasteiger partial charge in [0.15, 0.2) is 0 Å². The van der Waals surface area contributed by atoms with Gasteiger partial charge in [-0.2, -0.15) is 0 Å². The molecule has 1 fully saturated rings. The van der Waals surface area contributed by atoms with Gasteiger partial charge in [0.2, 0.25) is 5.91 Å². The predicted octanol–water partition coefficient (Wildman–Crippen LogP) is 2.35. The van der Waals surface area contributed by atoms with E-state index in [2.05, 4.69) is 48.3 Å². The van der Waals surface area contributed by atoms with Gasteiger partial charge in [-0.15, -0.1) is 0 Å². The Kier molecular flexibility index (Phi) is 5.82. The number of aliphatic hydroxyl groups is 1. The molecular formula is C19H30N2O2. The van der Waals surface area contributed by atoms with Crippen LogP contribution in [0.4, 0.5) is 0 Å². The zero-order chi connectivity index (χ0) is 17.0. The minimum Gasteiger partial charge on any atom is -0.390 e. The first-order valence-corrected chi connectivity index (χ1v) is 8.58. The van der Waals surface area contributed by atoms with Crippen molar-refractivity contribution in [3.05, 3.63) is 35.4 Å². The number of piperazine rings is 1. The fourth-order valence-electron chi connectivity index (χ4n) is 3.13. The number of amides is 1. The molecule has 1 saturated heterocycles. The van der Waals surface area contributed by atoms with Gasteiger partial charge in [0.05, 0.1) is 11.6 Å². The summed E-state index contributed by atoms with van der Waals surface area (Å²) in [4.78, 5) is 14.4. The van der Waals surface area contributed by atoms with Crippen molar-refractivity contribution < 1.29 is 9.90 Å². The molecule has 4 heteroatoms. The van der Waals surface area contributed by atoms with Crippen molar-refractivity contribution in [1.29, 1.82) is 0 Å². The van der Waals surface area contributed by atoms with Crippen molar-refractivity contribution in [1.82, 2.24) is 10.2 Å². The van der Waals surface area contributed by atoms with Gasteiger partial charge in [-0.25, -0.2) is 0 Å². The van der Waals surface area contributed by atoms with E-state index in [1.165, 1.54) is 11.1 Å². The number of benzene rings is 1. The van der Waals surface area contributed by atoms with Gasteiger partial charge in [-0.1, -0.05) is 38.1 Å². The molecule has 4 nitrogen and oxygen atoms in total. The minimum atomic E-state index is -0.621. The standard InChI is InChI=1S/C19H30N2O2/c1-14(2)17-18(22)20-11-12-21(17)13-16-7-5-15(6-8-16)9-10-19(3,4)23/h5-8,14,17,23H,9-13H2,1-4H3,(H,20,22). The fraction of sp³-hybridized carbons (Fsp3) is 0.632. The number of carbonyl (C=O) groups excluding carboxylic acids is 1. The average molecular weight is 318 g/mol. The highest BCUT2D eigenvalue weighted by Gasteiger charge is 2.31. The first-order valence-electron chi connectivity index (χ1n) is 8.58. The number of carbonyl (C=O) groups is 1. The number of hydrogen-bond acceptors (Lipinski definition) is 3. The summed E-state index contributed by atoms with van der Waals surface area (Å²) >= 11 is 0. The quantitative estimate of drug-likeness (QED) is 0.846. The lowest BCUT2D eigenvalue weighted by atomic mass is 9.97. The monoisotopic (exact) mass is 318 g/mol. The summed E-state index contributed by atoms with van der Waals surface area (Å²) in [5.41, 5.74) is 1.86. The van der Waals surface area contributed by atoms with E-state index in [1.807, 2.05) is 13.8 Å². The van der Waals surface area contributed by atoms with Crippen LogP contribution in [0.25, 0.3) is 0 Å². The molecule has 0 spiro atoms. The average Bonchev–Trinajstić information content (AvgIpc) is 2.45. The molecule has 1 aliphatic rings. The van der Waals surface area contributed by atoms with Gasteiger partial charge in [0, 0.05) is 19.6 Å². The number of rotatable bonds is 6. The van der Waals surface area contributed by atoms with E-state index in [0.29, 0.717) is 5.92 Å². The summed E-state index contributed by atoms with van der Waals surface area (Å²) in [5, 5.41) is 12.8. The number of hydrogen-bond donors (Lipinski definition) is 2. The lowest BCUT2D eigenvalue weighted by molar-refractivity contribution is -0.131. The van der Waals surface area contributed by atoms with Crippen LogP contribution >= 0.6 is 0 Å². The van der Waals surface area contributed by atoms with Crippen LogP contribution in [-0.4, -0.2) is 40.6 Å². The lowest BCUT2D eigenvalue weighted by Gasteiger charge is -2.37.